The monoisotopic (exact) mass is 539 g/mol. The first-order valence-corrected chi connectivity index (χ1v) is 11.8. The van der Waals surface area contributed by atoms with E-state index in [0.717, 1.165) is 15.5 Å². The van der Waals surface area contributed by atoms with Gasteiger partial charge in [0.1, 0.15) is 16.9 Å². The number of hydrogen-bond acceptors (Lipinski definition) is 6. The number of aromatic amines is 1. The van der Waals surface area contributed by atoms with Crippen molar-refractivity contribution in [3.63, 3.8) is 0 Å². The van der Waals surface area contributed by atoms with Crippen molar-refractivity contribution in [1.29, 1.82) is 0 Å². The summed E-state index contributed by atoms with van der Waals surface area (Å²) in [7, 11) is 1.75. The number of thiophene rings is 1. The Labute approximate surface area is 189 Å². The maximum Gasteiger partial charge on any atom is 0.289 e. The topological polar surface area (TPSA) is 91.0 Å². The number of carbonyl (C=O) groups excluding carboxylic acids is 2. The Balaban J connectivity index is 1.45. The van der Waals surface area contributed by atoms with E-state index in [-0.39, 0.29) is 11.7 Å². The van der Waals surface area contributed by atoms with E-state index < -0.39 is 11.9 Å². The highest BCUT2D eigenvalue weighted by atomic mass is 127. The minimum Gasteiger partial charge on any atom is -0.337 e. The second-order valence-electron chi connectivity index (χ2n) is 6.65. The summed E-state index contributed by atoms with van der Waals surface area (Å²) in [5.41, 5.74) is 2.26. The molecule has 0 spiro atoms. The minimum atomic E-state index is -0.628. The second kappa shape index (κ2) is 8.44. The zero-order valence-electron chi connectivity index (χ0n) is 15.7. The van der Waals surface area contributed by atoms with Crippen LogP contribution in [0.2, 0.25) is 0 Å². The first-order valence-electron chi connectivity index (χ1n) is 8.89. The van der Waals surface area contributed by atoms with Crippen molar-refractivity contribution in [3.8, 4) is 0 Å². The molecule has 4 rings (SSSR count). The van der Waals surface area contributed by atoms with Crippen molar-refractivity contribution < 1.29 is 9.59 Å². The van der Waals surface area contributed by atoms with Crippen molar-refractivity contribution in [2.24, 2.45) is 0 Å². The van der Waals surface area contributed by atoms with Gasteiger partial charge in [-0.05, 0) is 40.6 Å². The van der Waals surface area contributed by atoms with E-state index in [0.29, 0.717) is 18.0 Å². The van der Waals surface area contributed by atoms with E-state index in [1.165, 1.54) is 8.45 Å². The van der Waals surface area contributed by atoms with Crippen LogP contribution < -0.4 is 10.2 Å². The van der Waals surface area contributed by atoms with Crippen LogP contribution in [0.5, 0.6) is 0 Å². The Morgan fingerprint density at radius 2 is 2.10 bits per heavy atom. The fourth-order valence-electron chi connectivity index (χ4n) is 3.02. The third-order valence-corrected chi connectivity index (χ3v) is 8.66. The molecule has 0 saturated heterocycles. The van der Waals surface area contributed by atoms with E-state index in [2.05, 4.69) is 50.0 Å². The van der Waals surface area contributed by atoms with Crippen LogP contribution in [-0.2, 0) is 11.2 Å². The smallest absolute Gasteiger partial charge is 0.289 e. The Bertz CT molecular complexity index is 1070. The molecule has 2 aromatic heterocycles. The van der Waals surface area contributed by atoms with Crippen LogP contribution in [0.1, 0.15) is 27.6 Å². The van der Waals surface area contributed by atoms with Crippen LogP contribution in [0.25, 0.3) is 0 Å². The maximum atomic E-state index is 12.9. The number of nitrogens with zero attached hydrogens (tertiary/aromatic N) is 3. The summed E-state index contributed by atoms with van der Waals surface area (Å²) in [5.74, 6) is 0.626. The molecule has 1 aliphatic rings. The SMILES string of the molecule is Cc1c(I)sc2c1SC[C@H](NC(=O)c1nnc(Cc3ccccc3)[nH]1)C(=O)N2C. The van der Waals surface area contributed by atoms with Gasteiger partial charge in [-0.1, -0.05) is 30.3 Å². The predicted octanol–water partition coefficient (Wildman–Crippen LogP) is 3.24. The molecule has 0 radical (unpaired) electrons. The average Bonchev–Trinajstić information content (AvgIpc) is 3.27. The molecule has 0 saturated carbocycles. The summed E-state index contributed by atoms with van der Waals surface area (Å²) in [6.45, 7) is 2.06. The molecule has 0 unspecified atom stereocenters. The molecule has 2 amide bonds. The molecule has 150 valence electrons. The van der Waals surface area contributed by atoms with Gasteiger partial charge in [-0.2, -0.15) is 0 Å². The number of thioether (sulfide) groups is 1. The summed E-state index contributed by atoms with van der Waals surface area (Å²) in [4.78, 5) is 31.3. The Morgan fingerprint density at radius 1 is 1.34 bits per heavy atom. The van der Waals surface area contributed by atoms with Gasteiger partial charge < -0.3 is 15.2 Å². The number of carbonyl (C=O) groups is 2. The van der Waals surface area contributed by atoms with Crippen molar-refractivity contribution in [2.45, 2.75) is 24.3 Å². The number of halogens is 1. The molecule has 1 atom stereocenters. The van der Waals surface area contributed by atoms with Gasteiger partial charge in [-0.3, -0.25) is 9.59 Å². The Hall–Kier alpha value is -1.92. The van der Waals surface area contributed by atoms with Gasteiger partial charge in [0.15, 0.2) is 0 Å². The van der Waals surface area contributed by atoms with E-state index in [1.54, 1.807) is 35.0 Å². The average molecular weight is 539 g/mol. The van der Waals surface area contributed by atoms with Crippen molar-refractivity contribution in [3.05, 3.63) is 56.0 Å². The molecule has 3 heterocycles. The molecular weight excluding hydrogens is 521 g/mol. The number of aromatic nitrogens is 3. The number of H-pyrrole nitrogens is 1. The van der Waals surface area contributed by atoms with E-state index in [4.69, 9.17) is 0 Å². The van der Waals surface area contributed by atoms with Gasteiger partial charge in [0.25, 0.3) is 11.8 Å². The number of amides is 2. The van der Waals surface area contributed by atoms with Gasteiger partial charge in [-0.15, -0.1) is 33.3 Å². The summed E-state index contributed by atoms with van der Waals surface area (Å²) in [6.07, 6.45) is 0.556. The zero-order valence-corrected chi connectivity index (χ0v) is 19.5. The molecule has 7 nitrogen and oxygen atoms in total. The van der Waals surface area contributed by atoms with E-state index in [1.807, 2.05) is 30.3 Å². The number of rotatable bonds is 4. The van der Waals surface area contributed by atoms with Crippen LogP contribution in [0.3, 0.4) is 0 Å². The third-order valence-electron chi connectivity index (χ3n) is 4.61. The second-order valence-corrected chi connectivity index (χ2v) is 10.5. The van der Waals surface area contributed by atoms with E-state index >= 15 is 0 Å². The highest BCUT2D eigenvalue weighted by Crippen LogP contribution is 2.44. The quantitative estimate of drug-likeness (QED) is 0.497. The number of likely N-dealkylation sites (N-methyl/N-ethyl adjacent to an activating group) is 1. The standard InChI is InChI=1S/C19H18IN5O2S2/c1-10-14-19(29-15(10)20)25(2)18(27)12(9-28-14)21-17(26)16-22-13(23-24-16)8-11-6-4-3-5-7-11/h3-7,12H,8-9H2,1-2H3,(H,21,26)(H,22,23,24)/t12-/m0/s1. The molecular formula is C19H18IN5O2S2. The summed E-state index contributed by atoms with van der Waals surface area (Å²) < 4.78 is 1.18. The van der Waals surface area contributed by atoms with Crippen LogP contribution in [0.15, 0.2) is 35.2 Å². The number of nitrogens with one attached hydrogen (secondary N) is 2. The molecule has 0 aliphatic carbocycles. The van der Waals surface area contributed by atoms with Crippen molar-refractivity contribution in [1.82, 2.24) is 20.5 Å². The summed E-state index contributed by atoms with van der Waals surface area (Å²) >= 11 is 5.49. The fraction of sp³-hybridized carbons (Fsp3) is 0.263. The normalized spacial score (nSPS) is 16.4. The third kappa shape index (κ3) is 4.19. The van der Waals surface area contributed by atoms with Crippen LogP contribution in [0, 0.1) is 9.81 Å². The molecule has 0 bridgehead atoms. The predicted molar refractivity (Wildman–Crippen MR) is 123 cm³/mol. The molecule has 3 aromatic rings. The Morgan fingerprint density at radius 3 is 2.86 bits per heavy atom. The minimum absolute atomic E-state index is 0.112. The molecule has 1 aromatic carbocycles. The highest BCUT2D eigenvalue weighted by Gasteiger charge is 2.33. The van der Waals surface area contributed by atoms with Gasteiger partial charge in [0.2, 0.25) is 5.82 Å². The van der Waals surface area contributed by atoms with Gasteiger partial charge >= 0.3 is 0 Å². The van der Waals surface area contributed by atoms with E-state index in [9.17, 15) is 9.59 Å². The van der Waals surface area contributed by atoms with Crippen molar-refractivity contribution in [2.75, 3.05) is 17.7 Å². The molecule has 1 aliphatic heterocycles. The zero-order chi connectivity index (χ0) is 20.5. The largest absolute Gasteiger partial charge is 0.337 e. The lowest BCUT2D eigenvalue weighted by atomic mass is 10.1. The van der Waals surface area contributed by atoms with Crippen LogP contribution in [-0.4, -0.2) is 45.8 Å². The summed E-state index contributed by atoms with van der Waals surface area (Å²) in [5, 5.41) is 11.8. The molecule has 2 N–H and O–H groups in total. The van der Waals surface area contributed by atoms with Crippen LogP contribution in [0.4, 0.5) is 5.00 Å². The van der Waals surface area contributed by atoms with Gasteiger partial charge in [-0.25, -0.2) is 0 Å². The molecule has 29 heavy (non-hydrogen) atoms. The summed E-state index contributed by atoms with van der Waals surface area (Å²) in [6, 6.07) is 9.20. The van der Waals surface area contributed by atoms with Crippen LogP contribution >= 0.6 is 45.7 Å². The first-order chi connectivity index (χ1) is 13.9. The van der Waals surface area contributed by atoms with Crippen molar-refractivity contribution >= 4 is 62.5 Å². The highest BCUT2D eigenvalue weighted by molar-refractivity contribution is 14.1. The number of fused-ring (bicyclic) bond motifs is 1. The number of hydrogen-bond donors (Lipinski definition) is 2. The lowest BCUT2D eigenvalue weighted by molar-refractivity contribution is -0.119. The maximum absolute atomic E-state index is 12.9. The first kappa shape index (κ1) is 20.4. The Kier molecular flexibility index (Phi) is 5.93. The van der Waals surface area contributed by atoms with Gasteiger partial charge in [0.05, 0.1) is 2.88 Å². The number of anilines is 1. The number of benzene rings is 1. The lowest BCUT2D eigenvalue weighted by Gasteiger charge is -2.19. The lowest BCUT2D eigenvalue weighted by Crippen LogP contribution is -2.48. The van der Waals surface area contributed by atoms with Gasteiger partial charge in [0, 0.05) is 24.1 Å². The molecule has 0 fully saturated rings. The molecule has 10 heteroatoms. The fourth-order valence-corrected chi connectivity index (χ4v) is 6.50.